The van der Waals surface area contributed by atoms with Crippen LogP contribution < -0.4 is 10.2 Å². The Balaban J connectivity index is 1.56. The molecule has 0 aromatic carbocycles. The summed E-state index contributed by atoms with van der Waals surface area (Å²) in [6, 6.07) is 0.540. The number of carbonyl (C=O) groups is 1. The highest BCUT2D eigenvalue weighted by Crippen LogP contribution is 2.42. The van der Waals surface area contributed by atoms with Crippen LogP contribution in [-0.4, -0.2) is 45.6 Å². The van der Waals surface area contributed by atoms with Gasteiger partial charge in [-0.2, -0.15) is 0 Å². The zero-order valence-corrected chi connectivity index (χ0v) is 14.4. The van der Waals surface area contributed by atoms with Crippen molar-refractivity contribution in [2.45, 2.75) is 67.8 Å². The number of hydrogen-bond acceptors (Lipinski definition) is 5. The monoisotopic (exact) mass is 335 g/mol. The summed E-state index contributed by atoms with van der Waals surface area (Å²) < 4.78 is 2.31. The number of amides is 1. The molecule has 0 bridgehead atoms. The van der Waals surface area contributed by atoms with E-state index in [1.807, 2.05) is 0 Å². The first-order valence-electron chi connectivity index (χ1n) is 8.97. The van der Waals surface area contributed by atoms with Crippen LogP contribution >= 0.6 is 11.8 Å². The smallest absolute Gasteiger partial charge is 0.233 e. The van der Waals surface area contributed by atoms with Crippen molar-refractivity contribution < 1.29 is 4.79 Å². The van der Waals surface area contributed by atoms with Crippen LogP contribution in [0.25, 0.3) is 0 Å². The van der Waals surface area contributed by atoms with Crippen LogP contribution in [0, 0.1) is 0 Å². The number of carbonyl (C=O) groups excluding carboxylic acids is 1. The Morgan fingerprint density at radius 1 is 1.00 bits per heavy atom. The molecule has 7 heteroatoms. The van der Waals surface area contributed by atoms with E-state index in [-0.39, 0.29) is 11.2 Å². The molecule has 23 heavy (non-hydrogen) atoms. The van der Waals surface area contributed by atoms with Gasteiger partial charge >= 0.3 is 0 Å². The molecule has 2 aliphatic heterocycles. The molecule has 1 aliphatic carbocycles. The summed E-state index contributed by atoms with van der Waals surface area (Å²) in [7, 11) is 0. The first-order valence-corrected chi connectivity index (χ1v) is 9.85. The minimum atomic E-state index is -0.0200. The maximum absolute atomic E-state index is 12.2. The molecule has 2 saturated heterocycles. The molecule has 1 N–H and O–H groups in total. The summed E-state index contributed by atoms with van der Waals surface area (Å²) in [6.07, 6.45) is 9.35. The first kappa shape index (κ1) is 15.3. The molecule has 0 unspecified atom stereocenters. The molecule has 4 rings (SSSR count). The predicted molar refractivity (Wildman–Crippen MR) is 90.9 cm³/mol. The molecule has 3 fully saturated rings. The van der Waals surface area contributed by atoms with Gasteiger partial charge in [-0.1, -0.05) is 18.2 Å². The van der Waals surface area contributed by atoms with Crippen LogP contribution in [0.2, 0.25) is 0 Å². The minimum Gasteiger partial charge on any atom is -0.355 e. The topological polar surface area (TPSA) is 63.1 Å². The summed E-state index contributed by atoms with van der Waals surface area (Å²) in [5, 5.41) is 12.9. The molecular weight excluding hydrogens is 310 g/mol. The van der Waals surface area contributed by atoms with Gasteiger partial charge in [0, 0.05) is 25.7 Å². The van der Waals surface area contributed by atoms with E-state index in [0.717, 1.165) is 50.0 Å². The zero-order chi connectivity index (χ0) is 15.6. The van der Waals surface area contributed by atoms with Gasteiger partial charge in [-0.25, -0.2) is 0 Å². The number of nitrogens with zero attached hydrogens (tertiary/aromatic N) is 4. The normalized spacial score (nSPS) is 26.0. The Morgan fingerprint density at radius 2 is 1.83 bits per heavy atom. The molecule has 1 atom stereocenters. The fraction of sp³-hybridized carbons (Fsp3) is 0.812. The molecule has 3 heterocycles. The van der Waals surface area contributed by atoms with Crippen molar-refractivity contribution in [3.8, 4) is 0 Å². The maximum Gasteiger partial charge on any atom is 0.233 e. The summed E-state index contributed by atoms with van der Waals surface area (Å²) >= 11 is 1.62. The standard InChI is InChI=1S/C16H25N5OS/c22-14-13(6-2-3-9-17-14)23-16-19-18-15(21(16)12-7-8-12)20-10-4-1-5-11-20/h12-13H,1-11H2,(H,17,22)/t13-/m0/s1. The quantitative estimate of drug-likeness (QED) is 0.915. The van der Waals surface area contributed by atoms with Crippen LogP contribution in [0.3, 0.4) is 0 Å². The van der Waals surface area contributed by atoms with Gasteiger partial charge in [0.25, 0.3) is 0 Å². The van der Waals surface area contributed by atoms with E-state index in [1.54, 1.807) is 11.8 Å². The van der Waals surface area contributed by atoms with E-state index >= 15 is 0 Å². The van der Waals surface area contributed by atoms with Crippen molar-refractivity contribution in [2.75, 3.05) is 24.5 Å². The summed E-state index contributed by atoms with van der Waals surface area (Å²) in [5.41, 5.74) is 0. The van der Waals surface area contributed by atoms with Crippen LogP contribution in [-0.2, 0) is 4.79 Å². The molecule has 1 amide bonds. The molecule has 1 aromatic rings. The lowest BCUT2D eigenvalue weighted by Crippen LogP contribution is -2.32. The molecule has 1 aromatic heterocycles. The highest BCUT2D eigenvalue weighted by molar-refractivity contribution is 8.00. The second kappa shape index (κ2) is 6.71. The number of anilines is 1. The SMILES string of the molecule is O=C1NCCCC[C@@H]1Sc1nnc(N2CCCCC2)n1C1CC1. The number of aromatic nitrogens is 3. The van der Waals surface area contributed by atoms with Crippen molar-refractivity contribution >= 4 is 23.6 Å². The molecular formula is C16H25N5OS. The first-order chi connectivity index (χ1) is 11.3. The summed E-state index contributed by atoms with van der Waals surface area (Å²) in [6.45, 7) is 2.98. The third kappa shape index (κ3) is 3.34. The van der Waals surface area contributed by atoms with E-state index < -0.39 is 0 Å². The molecule has 0 radical (unpaired) electrons. The van der Waals surface area contributed by atoms with Crippen LogP contribution in [0.5, 0.6) is 0 Å². The lowest BCUT2D eigenvalue weighted by Gasteiger charge is -2.28. The average molecular weight is 335 g/mol. The number of piperidine rings is 1. The predicted octanol–water partition coefficient (Wildman–Crippen LogP) is 2.36. The van der Waals surface area contributed by atoms with Gasteiger partial charge in [0.1, 0.15) is 0 Å². The number of nitrogens with one attached hydrogen (secondary N) is 1. The minimum absolute atomic E-state index is 0.0200. The lowest BCUT2D eigenvalue weighted by molar-refractivity contribution is -0.120. The van der Waals surface area contributed by atoms with Crippen molar-refractivity contribution in [1.29, 1.82) is 0 Å². The Labute approximate surface area is 141 Å². The molecule has 0 spiro atoms. The Bertz CT molecular complexity index is 565. The lowest BCUT2D eigenvalue weighted by atomic mass is 10.1. The van der Waals surface area contributed by atoms with Gasteiger partial charge in [-0.05, 0) is 44.9 Å². The van der Waals surface area contributed by atoms with Crippen molar-refractivity contribution in [3.63, 3.8) is 0 Å². The van der Waals surface area contributed by atoms with E-state index in [4.69, 9.17) is 0 Å². The largest absolute Gasteiger partial charge is 0.355 e. The molecule has 6 nitrogen and oxygen atoms in total. The van der Waals surface area contributed by atoms with Gasteiger partial charge in [-0.3, -0.25) is 9.36 Å². The van der Waals surface area contributed by atoms with E-state index in [2.05, 4.69) is 25.0 Å². The number of hydrogen-bond donors (Lipinski definition) is 1. The van der Waals surface area contributed by atoms with Gasteiger partial charge in [0.15, 0.2) is 5.16 Å². The fourth-order valence-corrected chi connectivity index (χ4v) is 4.62. The van der Waals surface area contributed by atoms with E-state index in [1.165, 1.54) is 32.1 Å². The van der Waals surface area contributed by atoms with Crippen molar-refractivity contribution in [2.24, 2.45) is 0 Å². The Kier molecular flexibility index (Phi) is 4.46. The highest BCUT2D eigenvalue weighted by atomic mass is 32.2. The molecule has 1 saturated carbocycles. The van der Waals surface area contributed by atoms with Crippen LogP contribution in [0.4, 0.5) is 5.95 Å². The van der Waals surface area contributed by atoms with Crippen molar-refractivity contribution in [1.82, 2.24) is 20.1 Å². The van der Waals surface area contributed by atoms with Crippen LogP contribution in [0.1, 0.15) is 57.4 Å². The van der Waals surface area contributed by atoms with Gasteiger partial charge < -0.3 is 10.2 Å². The second-order valence-corrected chi connectivity index (χ2v) is 7.99. The average Bonchev–Trinajstić information content (AvgIpc) is 3.36. The molecule has 3 aliphatic rings. The van der Waals surface area contributed by atoms with Gasteiger partial charge in [0.05, 0.1) is 5.25 Å². The van der Waals surface area contributed by atoms with Gasteiger partial charge in [0.2, 0.25) is 11.9 Å². The maximum atomic E-state index is 12.2. The zero-order valence-electron chi connectivity index (χ0n) is 13.5. The van der Waals surface area contributed by atoms with E-state index in [0.29, 0.717) is 6.04 Å². The summed E-state index contributed by atoms with van der Waals surface area (Å²) in [5.74, 6) is 1.20. The third-order valence-electron chi connectivity index (χ3n) is 4.93. The highest BCUT2D eigenvalue weighted by Gasteiger charge is 2.34. The van der Waals surface area contributed by atoms with E-state index in [9.17, 15) is 4.79 Å². The van der Waals surface area contributed by atoms with Crippen LogP contribution in [0.15, 0.2) is 5.16 Å². The Hall–Kier alpha value is -1.24. The van der Waals surface area contributed by atoms with Gasteiger partial charge in [-0.15, -0.1) is 10.2 Å². The summed E-state index contributed by atoms with van der Waals surface area (Å²) in [4.78, 5) is 14.6. The fourth-order valence-electron chi connectivity index (χ4n) is 3.46. The number of thioether (sulfide) groups is 1. The Morgan fingerprint density at radius 3 is 2.61 bits per heavy atom. The third-order valence-corrected chi connectivity index (χ3v) is 6.15. The second-order valence-electron chi connectivity index (χ2n) is 6.82. The molecule has 126 valence electrons. The van der Waals surface area contributed by atoms with Crippen molar-refractivity contribution in [3.05, 3.63) is 0 Å². The number of rotatable bonds is 4.